The Hall–Kier alpha value is -1.35. The summed E-state index contributed by atoms with van der Waals surface area (Å²) in [5, 5.41) is 9.09. The highest BCUT2D eigenvalue weighted by Gasteiger charge is 2.15. The van der Waals surface area contributed by atoms with Crippen molar-refractivity contribution in [2.75, 3.05) is 7.11 Å². The zero-order chi connectivity index (χ0) is 9.84. The molecule has 0 fully saturated rings. The molecule has 0 spiro atoms. The molecule has 3 heteroatoms. The van der Waals surface area contributed by atoms with Crippen molar-refractivity contribution in [3.63, 3.8) is 0 Å². The molecule has 3 nitrogen and oxygen atoms in total. The van der Waals surface area contributed by atoms with Gasteiger partial charge in [0.15, 0.2) is 5.78 Å². The molecular weight excluding hydrogens is 168 g/mol. The monoisotopic (exact) mass is 180 g/mol. The van der Waals surface area contributed by atoms with E-state index in [1.807, 2.05) is 0 Å². The van der Waals surface area contributed by atoms with E-state index in [4.69, 9.17) is 9.84 Å². The van der Waals surface area contributed by atoms with Crippen LogP contribution >= 0.6 is 0 Å². The lowest BCUT2D eigenvalue weighted by Crippen LogP contribution is -2.16. The van der Waals surface area contributed by atoms with Crippen molar-refractivity contribution in [3.8, 4) is 5.75 Å². The smallest absolute Gasteiger partial charge is 0.194 e. The highest BCUT2D eigenvalue weighted by atomic mass is 16.5. The third-order valence-electron chi connectivity index (χ3n) is 1.75. The lowest BCUT2D eigenvalue weighted by atomic mass is 10.1. The maximum absolute atomic E-state index is 11.4. The van der Waals surface area contributed by atoms with Gasteiger partial charge in [0.05, 0.1) is 12.7 Å². The molecule has 70 valence electrons. The Morgan fingerprint density at radius 2 is 2.08 bits per heavy atom. The third-order valence-corrected chi connectivity index (χ3v) is 1.75. The highest BCUT2D eigenvalue weighted by molar-refractivity contribution is 6.01. The van der Waals surface area contributed by atoms with E-state index in [2.05, 4.69) is 0 Å². The van der Waals surface area contributed by atoms with Crippen LogP contribution in [0.15, 0.2) is 24.3 Å². The molecular formula is C10H12O3. The molecule has 0 unspecified atom stereocenters. The van der Waals surface area contributed by atoms with E-state index in [-0.39, 0.29) is 5.78 Å². The summed E-state index contributed by atoms with van der Waals surface area (Å²) in [4.78, 5) is 11.4. The fraction of sp³-hybridized carbons (Fsp3) is 0.300. The van der Waals surface area contributed by atoms with Gasteiger partial charge in [-0.2, -0.15) is 0 Å². The van der Waals surface area contributed by atoms with Gasteiger partial charge in [0.25, 0.3) is 0 Å². The minimum atomic E-state index is -0.990. The third kappa shape index (κ3) is 2.06. The highest BCUT2D eigenvalue weighted by Crippen LogP contribution is 2.18. The van der Waals surface area contributed by atoms with Gasteiger partial charge in [-0.1, -0.05) is 12.1 Å². The van der Waals surface area contributed by atoms with Crippen molar-refractivity contribution in [2.24, 2.45) is 0 Å². The number of rotatable bonds is 3. The normalized spacial score (nSPS) is 12.2. The number of carbonyl (C=O) groups is 1. The number of hydrogen-bond donors (Lipinski definition) is 1. The second kappa shape index (κ2) is 4.05. The molecule has 0 aliphatic carbocycles. The van der Waals surface area contributed by atoms with E-state index in [9.17, 15) is 4.79 Å². The van der Waals surface area contributed by atoms with Crippen LogP contribution in [0.3, 0.4) is 0 Å². The Balaban J connectivity index is 3.06. The van der Waals surface area contributed by atoms with E-state index >= 15 is 0 Å². The van der Waals surface area contributed by atoms with Crippen molar-refractivity contribution >= 4 is 5.78 Å². The molecule has 1 aromatic carbocycles. The summed E-state index contributed by atoms with van der Waals surface area (Å²) in [5.41, 5.74) is 0.417. The molecule has 1 rings (SSSR count). The number of carbonyl (C=O) groups excluding carboxylic acids is 1. The van der Waals surface area contributed by atoms with Crippen LogP contribution in [0.25, 0.3) is 0 Å². The van der Waals surface area contributed by atoms with E-state index < -0.39 is 6.10 Å². The number of ketones is 1. The summed E-state index contributed by atoms with van der Waals surface area (Å²) < 4.78 is 4.98. The second-order valence-corrected chi connectivity index (χ2v) is 2.74. The minimum absolute atomic E-state index is 0.322. The van der Waals surface area contributed by atoms with Gasteiger partial charge in [0.1, 0.15) is 11.9 Å². The predicted octanol–water partition coefficient (Wildman–Crippen LogP) is 1.26. The van der Waals surface area contributed by atoms with Crippen molar-refractivity contribution in [1.29, 1.82) is 0 Å². The molecule has 13 heavy (non-hydrogen) atoms. The molecule has 1 atom stereocenters. The van der Waals surface area contributed by atoms with Crippen molar-refractivity contribution < 1.29 is 14.6 Å². The number of benzene rings is 1. The minimum Gasteiger partial charge on any atom is -0.496 e. The Kier molecular flexibility index (Phi) is 3.03. The van der Waals surface area contributed by atoms with Crippen LogP contribution in [0.2, 0.25) is 0 Å². The number of aliphatic hydroxyl groups excluding tert-OH is 1. The molecule has 0 aliphatic heterocycles. The Morgan fingerprint density at radius 1 is 1.46 bits per heavy atom. The van der Waals surface area contributed by atoms with E-state index in [1.165, 1.54) is 14.0 Å². The maximum Gasteiger partial charge on any atom is 0.194 e. The first kappa shape index (κ1) is 9.74. The zero-order valence-electron chi connectivity index (χ0n) is 7.65. The van der Waals surface area contributed by atoms with Crippen LogP contribution in [0, 0.1) is 0 Å². The summed E-state index contributed by atoms with van der Waals surface area (Å²) in [6.07, 6.45) is -0.990. The lowest BCUT2D eigenvalue weighted by Gasteiger charge is -2.08. The maximum atomic E-state index is 11.4. The van der Waals surface area contributed by atoms with Gasteiger partial charge in [0.2, 0.25) is 0 Å². The van der Waals surface area contributed by atoms with Crippen molar-refractivity contribution in [2.45, 2.75) is 13.0 Å². The number of para-hydroxylation sites is 1. The fourth-order valence-corrected chi connectivity index (χ4v) is 1.07. The van der Waals surface area contributed by atoms with Crippen LogP contribution in [0.4, 0.5) is 0 Å². The Bertz CT molecular complexity index is 305. The van der Waals surface area contributed by atoms with Crippen LogP contribution in [0.5, 0.6) is 5.75 Å². The van der Waals surface area contributed by atoms with Crippen LogP contribution in [0.1, 0.15) is 17.3 Å². The number of Topliss-reactive ketones (excluding diaryl/α,β-unsaturated/α-hetero) is 1. The van der Waals surface area contributed by atoms with Gasteiger partial charge < -0.3 is 9.84 Å². The molecule has 0 bridgehead atoms. The quantitative estimate of drug-likeness (QED) is 0.712. The van der Waals surface area contributed by atoms with E-state index in [1.54, 1.807) is 24.3 Å². The molecule has 0 aliphatic rings. The van der Waals surface area contributed by atoms with Gasteiger partial charge in [0, 0.05) is 0 Å². The van der Waals surface area contributed by atoms with Gasteiger partial charge in [-0.3, -0.25) is 4.79 Å². The Labute approximate surface area is 77.0 Å². The summed E-state index contributed by atoms with van der Waals surface area (Å²) in [6.45, 7) is 1.44. The molecule has 0 saturated heterocycles. The van der Waals surface area contributed by atoms with Gasteiger partial charge >= 0.3 is 0 Å². The SMILES string of the molecule is COc1ccccc1C(=O)[C@@H](C)O. The first-order valence-corrected chi connectivity index (χ1v) is 4.02. The summed E-state index contributed by atoms with van der Waals surface area (Å²) >= 11 is 0. The van der Waals surface area contributed by atoms with Gasteiger partial charge in [-0.25, -0.2) is 0 Å². The Morgan fingerprint density at radius 3 is 2.62 bits per heavy atom. The largest absolute Gasteiger partial charge is 0.496 e. The number of ether oxygens (including phenoxy) is 1. The second-order valence-electron chi connectivity index (χ2n) is 2.74. The fourth-order valence-electron chi connectivity index (χ4n) is 1.07. The van der Waals surface area contributed by atoms with Gasteiger partial charge in [-0.05, 0) is 19.1 Å². The molecule has 1 N–H and O–H groups in total. The number of hydrogen-bond acceptors (Lipinski definition) is 3. The van der Waals surface area contributed by atoms with E-state index in [0.29, 0.717) is 11.3 Å². The number of aliphatic hydroxyl groups is 1. The first-order valence-electron chi connectivity index (χ1n) is 4.02. The molecule has 1 aromatic rings. The van der Waals surface area contributed by atoms with Gasteiger partial charge in [-0.15, -0.1) is 0 Å². The molecule has 0 saturated carbocycles. The topological polar surface area (TPSA) is 46.5 Å². The van der Waals surface area contributed by atoms with Crippen LogP contribution in [-0.2, 0) is 0 Å². The molecule has 0 amide bonds. The van der Waals surface area contributed by atoms with Crippen LogP contribution < -0.4 is 4.74 Å². The molecule has 0 aromatic heterocycles. The average Bonchev–Trinajstić information content (AvgIpc) is 2.16. The molecule has 0 radical (unpaired) electrons. The lowest BCUT2D eigenvalue weighted by molar-refractivity contribution is 0.0776. The zero-order valence-corrected chi connectivity index (χ0v) is 7.65. The van der Waals surface area contributed by atoms with Crippen molar-refractivity contribution in [3.05, 3.63) is 29.8 Å². The van der Waals surface area contributed by atoms with E-state index in [0.717, 1.165) is 0 Å². The predicted molar refractivity (Wildman–Crippen MR) is 49.0 cm³/mol. The summed E-state index contributed by atoms with van der Waals surface area (Å²) in [6, 6.07) is 6.83. The summed E-state index contributed by atoms with van der Waals surface area (Å²) in [7, 11) is 1.49. The standard InChI is InChI=1S/C10H12O3/c1-7(11)10(12)8-5-3-4-6-9(8)13-2/h3-7,11H,1-2H3/t7-/m1/s1. The first-order chi connectivity index (χ1) is 6.16. The number of methoxy groups -OCH3 is 1. The average molecular weight is 180 g/mol. The van der Waals surface area contributed by atoms with Crippen molar-refractivity contribution in [1.82, 2.24) is 0 Å². The molecule has 0 heterocycles. The summed E-state index contributed by atoms with van der Waals surface area (Å²) in [5.74, 6) is 0.172. The van der Waals surface area contributed by atoms with Crippen LogP contribution in [-0.4, -0.2) is 24.1 Å².